The predicted octanol–water partition coefficient (Wildman–Crippen LogP) is 3.74. The van der Waals surface area contributed by atoms with Crippen LogP contribution in [0.25, 0.3) is 0 Å². The highest BCUT2D eigenvalue weighted by Crippen LogP contribution is 2.38. The minimum Gasteiger partial charge on any atom is -0.342 e. The molecular formula is C22H25N3O2. The van der Waals surface area contributed by atoms with Gasteiger partial charge in [-0.2, -0.15) is 0 Å². The van der Waals surface area contributed by atoms with E-state index in [4.69, 9.17) is 0 Å². The third-order valence-corrected chi connectivity index (χ3v) is 5.60. The Bertz CT molecular complexity index is 862. The molecule has 0 radical (unpaired) electrons. The number of fused-ring (bicyclic) bond motifs is 1. The zero-order valence-corrected chi connectivity index (χ0v) is 15.9. The molecule has 2 amide bonds. The van der Waals surface area contributed by atoms with E-state index >= 15 is 0 Å². The minimum absolute atomic E-state index is 0.0771. The summed E-state index contributed by atoms with van der Waals surface area (Å²) >= 11 is 0. The van der Waals surface area contributed by atoms with Gasteiger partial charge in [0.25, 0.3) is 5.91 Å². The Morgan fingerprint density at radius 3 is 2.74 bits per heavy atom. The van der Waals surface area contributed by atoms with E-state index in [9.17, 15) is 9.59 Å². The van der Waals surface area contributed by atoms with Crippen molar-refractivity contribution in [3.05, 3.63) is 59.4 Å². The summed E-state index contributed by atoms with van der Waals surface area (Å²) < 4.78 is 0. The molecular weight excluding hydrogens is 338 g/mol. The fourth-order valence-corrected chi connectivity index (χ4v) is 4.16. The number of rotatable bonds is 3. The molecule has 27 heavy (non-hydrogen) atoms. The van der Waals surface area contributed by atoms with E-state index in [1.807, 2.05) is 36.1 Å². The van der Waals surface area contributed by atoms with Crippen molar-refractivity contribution >= 4 is 17.5 Å². The summed E-state index contributed by atoms with van der Waals surface area (Å²) in [7, 11) is 0. The first-order valence-electron chi connectivity index (χ1n) is 9.67. The predicted molar refractivity (Wildman–Crippen MR) is 105 cm³/mol. The Hall–Kier alpha value is -2.69. The number of nitrogens with zero attached hydrogens (tertiary/aromatic N) is 3. The molecule has 0 unspecified atom stereocenters. The standard InChI is InChI=1S/C22H25N3O2/c1-15-7-9-17(10-8-15)25-19(21-18(22(25)27)6-3-11-23-21)13-20(26)24-12-4-5-16(2)14-24/h3,6-11,16,19H,4-5,12-14H2,1-2H3/t16-,19+/m0/s1. The van der Waals surface area contributed by atoms with Crippen LogP contribution >= 0.6 is 0 Å². The topological polar surface area (TPSA) is 53.5 Å². The van der Waals surface area contributed by atoms with E-state index in [0.29, 0.717) is 17.2 Å². The number of carbonyl (C=O) groups is 2. The lowest BCUT2D eigenvalue weighted by Crippen LogP contribution is -2.41. The molecule has 1 saturated heterocycles. The van der Waals surface area contributed by atoms with Crippen LogP contribution < -0.4 is 4.90 Å². The molecule has 2 atom stereocenters. The fourth-order valence-electron chi connectivity index (χ4n) is 4.16. The van der Waals surface area contributed by atoms with E-state index in [2.05, 4.69) is 11.9 Å². The number of hydrogen-bond acceptors (Lipinski definition) is 3. The zero-order valence-electron chi connectivity index (χ0n) is 15.9. The largest absolute Gasteiger partial charge is 0.342 e. The maximum Gasteiger partial charge on any atom is 0.260 e. The lowest BCUT2D eigenvalue weighted by Gasteiger charge is -2.33. The van der Waals surface area contributed by atoms with Gasteiger partial charge >= 0.3 is 0 Å². The van der Waals surface area contributed by atoms with Crippen molar-refractivity contribution in [1.29, 1.82) is 0 Å². The van der Waals surface area contributed by atoms with Crippen LogP contribution in [0.4, 0.5) is 5.69 Å². The van der Waals surface area contributed by atoms with E-state index in [-0.39, 0.29) is 24.3 Å². The Balaban J connectivity index is 1.65. The molecule has 0 bridgehead atoms. The molecule has 5 nitrogen and oxygen atoms in total. The molecule has 5 heteroatoms. The van der Waals surface area contributed by atoms with Crippen molar-refractivity contribution in [1.82, 2.24) is 9.88 Å². The second-order valence-corrected chi connectivity index (χ2v) is 7.75. The van der Waals surface area contributed by atoms with Gasteiger partial charge in [0.15, 0.2) is 0 Å². The quantitative estimate of drug-likeness (QED) is 0.835. The summed E-state index contributed by atoms with van der Waals surface area (Å²) in [5, 5.41) is 0. The minimum atomic E-state index is -0.346. The summed E-state index contributed by atoms with van der Waals surface area (Å²) in [6, 6.07) is 11.1. The molecule has 0 spiro atoms. The van der Waals surface area contributed by atoms with Gasteiger partial charge in [0.1, 0.15) is 0 Å². The SMILES string of the molecule is Cc1ccc(N2C(=O)c3cccnc3[C@H]2CC(=O)N2CCC[C@H](C)C2)cc1. The Labute approximate surface area is 160 Å². The molecule has 0 aliphatic carbocycles. The lowest BCUT2D eigenvalue weighted by molar-refractivity contribution is -0.133. The van der Waals surface area contributed by atoms with Crippen LogP contribution in [0.1, 0.15) is 53.8 Å². The number of aromatic nitrogens is 1. The number of piperidine rings is 1. The molecule has 4 rings (SSSR count). The number of benzene rings is 1. The van der Waals surface area contributed by atoms with Crippen LogP contribution in [0.3, 0.4) is 0 Å². The molecule has 1 fully saturated rings. The molecule has 140 valence electrons. The third-order valence-electron chi connectivity index (χ3n) is 5.60. The van der Waals surface area contributed by atoms with Gasteiger partial charge in [0, 0.05) is 25.0 Å². The van der Waals surface area contributed by atoms with Crippen LogP contribution in [0.15, 0.2) is 42.6 Å². The number of anilines is 1. The van der Waals surface area contributed by atoms with Gasteiger partial charge in [0.2, 0.25) is 5.91 Å². The first-order chi connectivity index (χ1) is 13.0. The number of likely N-dealkylation sites (tertiary alicyclic amines) is 1. The van der Waals surface area contributed by atoms with Gasteiger partial charge in [-0.15, -0.1) is 0 Å². The van der Waals surface area contributed by atoms with E-state index in [0.717, 1.165) is 30.8 Å². The van der Waals surface area contributed by atoms with E-state index in [1.54, 1.807) is 23.2 Å². The second-order valence-electron chi connectivity index (χ2n) is 7.75. The van der Waals surface area contributed by atoms with Crippen molar-refractivity contribution in [2.45, 2.75) is 39.2 Å². The second kappa shape index (κ2) is 7.14. The van der Waals surface area contributed by atoms with Gasteiger partial charge in [-0.05, 0) is 49.9 Å². The van der Waals surface area contributed by atoms with Gasteiger partial charge in [0.05, 0.1) is 23.7 Å². The van der Waals surface area contributed by atoms with Crippen molar-refractivity contribution < 1.29 is 9.59 Å². The summed E-state index contributed by atoms with van der Waals surface area (Å²) in [5.74, 6) is 0.563. The molecule has 1 aromatic carbocycles. The Morgan fingerprint density at radius 2 is 2.00 bits per heavy atom. The lowest BCUT2D eigenvalue weighted by atomic mass is 9.99. The van der Waals surface area contributed by atoms with Crippen molar-refractivity contribution in [2.75, 3.05) is 18.0 Å². The Morgan fingerprint density at radius 1 is 1.22 bits per heavy atom. The average Bonchev–Trinajstić information content (AvgIpc) is 2.95. The number of hydrogen-bond donors (Lipinski definition) is 0. The monoisotopic (exact) mass is 363 g/mol. The number of carbonyl (C=O) groups excluding carboxylic acids is 2. The average molecular weight is 363 g/mol. The molecule has 3 heterocycles. The molecule has 2 aliphatic rings. The third kappa shape index (κ3) is 3.34. The van der Waals surface area contributed by atoms with Crippen molar-refractivity contribution in [2.24, 2.45) is 5.92 Å². The number of pyridine rings is 1. The summed E-state index contributed by atoms with van der Waals surface area (Å²) in [5.41, 5.74) is 3.26. The maximum absolute atomic E-state index is 13.1. The van der Waals surface area contributed by atoms with Gasteiger partial charge in [-0.1, -0.05) is 24.6 Å². The summed E-state index contributed by atoms with van der Waals surface area (Å²) in [6.45, 7) is 5.82. The number of aryl methyl sites for hydroxylation is 1. The van der Waals surface area contributed by atoms with Gasteiger partial charge in [-0.3, -0.25) is 19.5 Å². The molecule has 2 aliphatic heterocycles. The van der Waals surface area contributed by atoms with Crippen LogP contribution in [-0.2, 0) is 4.79 Å². The molecule has 0 saturated carbocycles. The zero-order chi connectivity index (χ0) is 19.0. The van der Waals surface area contributed by atoms with Crippen LogP contribution in [-0.4, -0.2) is 34.8 Å². The smallest absolute Gasteiger partial charge is 0.260 e. The first kappa shape index (κ1) is 17.7. The van der Waals surface area contributed by atoms with Gasteiger partial charge < -0.3 is 4.90 Å². The Kier molecular flexibility index (Phi) is 4.68. The van der Waals surface area contributed by atoms with Crippen LogP contribution in [0.2, 0.25) is 0 Å². The normalized spacial score (nSPS) is 22.1. The molecule has 1 aromatic heterocycles. The molecule has 2 aromatic rings. The highest BCUT2D eigenvalue weighted by Gasteiger charge is 2.40. The first-order valence-corrected chi connectivity index (χ1v) is 9.67. The maximum atomic E-state index is 13.1. The van der Waals surface area contributed by atoms with Crippen LogP contribution in [0.5, 0.6) is 0 Å². The summed E-state index contributed by atoms with van der Waals surface area (Å²) in [6.07, 6.45) is 4.19. The fraction of sp³-hybridized carbons (Fsp3) is 0.409. The van der Waals surface area contributed by atoms with Crippen molar-refractivity contribution in [3.8, 4) is 0 Å². The summed E-state index contributed by atoms with van der Waals surface area (Å²) in [4.78, 5) is 34.2. The van der Waals surface area contributed by atoms with E-state index in [1.165, 1.54) is 6.42 Å². The van der Waals surface area contributed by atoms with Crippen molar-refractivity contribution in [3.63, 3.8) is 0 Å². The van der Waals surface area contributed by atoms with Crippen LogP contribution in [0, 0.1) is 12.8 Å². The van der Waals surface area contributed by atoms with E-state index < -0.39 is 0 Å². The highest BCUT2D eigenvalue weighted by molar-refractivity contribution is 6.11. The van der Waals surface area contributed by atoms with Gasteiger partial charge in [-0.25, -0.2) is 0 Å². The molecule has 0 N–H and O–H groups in total. The highest BCUT2D eigenvalue weighted by atomic mass is 16.2. The number of amides is 2.